The number of amides is 1. The van der Waals surface area contributed by atoms with Gasteiger partial charge in [0.1, 0.15) is 0 Å². The molecule has 1 N–H and O–H groups in total. The van der Waals surface area contributed by atoms with Crippen LogP contribution in [0.1, 0.15) is 27.9 Å². The number of hydrogen-bond acceptors (Lipinski definition) is 6. The fourth-order valence-electron chi connectivity index (χ4n) is 2.73. The predicted octanol–water partition coefficient (Wildman–Crippen LogP) is 2.45. The number of thiazole rings is 1. The fourth-order valence-corrected chi connectivity index (χ4v) is 4.68. The van der Waals surface area contributed by atoms with Crippen LogP contribution in [0.15, 0.2) is 29.2 Å². The molecule has 27 heavy (non-hydrogen) atoms. The van der Waals surface area contributed by atoms with Gasteiger partial charge < -0.3 is 0 Å². The van der Waals surface area contributed by atoms with Crippen molar-refractivity contribution in [3.05, 3.63) is 40.4 Å². The molecule has 3 rings (SSSR count). The standard InChI is InChI=1S/C17H22N4O3S2.ClH/c1-4-21-10-9-14-15(11-21)25-17(18-14)19-16(22)12-5-7-13(8-6-12)26(23,24)20(2)3;/h5-8H,4,9-11H2,1-3H3,(H,18,19,22);1H. The molecule has 0 aliphatic carbocycles. The Labute approximate surface area is 169 Å². The van der Waals surface area contributed by atoms with E-state index in [4.69, 9.17) is 0 Å². The molecule has 7 nitrogen and oxygen atoms in total. The van der Waals surface area contributed by atoms with Crippen LogP contribution in [0.4, 0.5) is 5.13 Å². The first-order chi connectivity index (χ1) is 12.3. The van der Waals surface area contributed by atoms with Crippen molar-refractivity contribution in [2.75, 3.05) is 32.5 Å². The molecule has 0 fully saturated rings. The van der Waals surface area contributed by atoms with Crippen molar-refractivity contribution in [3.63, 3.8) is 0 Å². The second-order valence-corrected chi connectivity index (χ2v) is 9.51. The minimum atomic E-state index is -3.50. The van der Waals surface area contributed by atoms with Gasteiger partial charge in [0.2, 0.25) is 10.0 Å². The van der Waals surface area contributed by atoms with E-state index in [1.807, 2.05) is 0 Å². The molecule has 1 aliphatic heterocycles. The molecule has 1 aromatic carbocycles. The maximum atomic E-state index is 12.4. The van der Waals surface area contributed by atoms with Gasteiger partial charge in [-0.3, -0.25) is 15.0 Å². The Morgan fingerprint density at radius 2 is 1.96 bits per heavy atom. The third-order valence-corrected chi connectivity index (χ3v) is 7.20. The molecule has 2 heterocycles. The van der Waals surface area contributed by atoms with E-state index in [1.54, 1.807) is 0 Å². The van der Waals surface area contributed by atoms with Gasteiger partial charge in [-0.25, -0.2) is 17.7 Å². The second-order valence-electron chi connectivity index (χ2n) is 6.27. The molecule has 0 unspecified atom stereocenters. The molecule has 1 aromatic heterocycles. The maximum Gasteiger partial charge on any atom is 0.257 e. The molecular formula is C17H23ClN4O3S2. The highest BCUT2D eigenvalue weighted by molar-refractivity contribution is 7.89. The van der Waals surface area contributed by atoms with Crippen LogP contribution < -0.4 is 5.32 Å². The van der Waals surface area contributed by atoms with E-state index in [1.165, 1.54) is 54.6 Å². The van der Waals surface area contributed by atoms with Crippen LogP contribution in [-0.4, -0.2) is 55.7 Å². The number of halogens is 1. The minimum Gasteiger partial charge on any atom is -0.298 e. The summed E-state index contributed by atoms with van der Waals surface area (Å²) < 4.78 is 25.3. The summed E-state index contributed by atoms with van der Waals surface area (Å²) in [5.41, 5.74) is 1.45. The highest BCUT2D eigenvalue weighted by Gasteiger charge is 2.21. The number of fused-ring (bicyclic) bond motifs is 1. The Balaban J connectivity index is 0.00000261. The van der Waals surface area contributed by atoms with Crippen LogP contribution in [0, 0.1) is 0 Å². The molecule has 1 amide bonds. The zero-order valence-electron chi connectivity index (χ0n) is 15.4. The first-order valence-corrected chi connectivity index (χ1v) is 10.6. The van der Waals surface area contributed by atoms with E-state index in [0.29, 0.717) is 10.7 Å². The number of rotatable bonds is 5. The normalized spacial score (nSPS) is 14.5. The number of sulfonamides is 1. The topological polar surface area (TPSA) is 82.6 Å². The van der Waals surface area contributed by atoms with Crippen LogP contribution in [0.25, 0.3) is 0 Å². The van der Waals surface area contributed by atoms with Gasteiger partial charge in [-0.1, -0.05) is 6.92 Å². The Morgan fingerprint density at radius 1 is 1.30 bits per heavy atom. The summed E-state index contributed by atoms with van der Waals surface area (Å²) in [7, 11) is -0.557. The van der Waals surface area contributed by atoms with Crippen LogP contribution in [0.2, 0.25) is 0 Å². The van der Waals surface area contributed by atoms with Gasteiger partial charge in [0.05, 0.1) is 10.6 Å². The van der Waals surface area contributed by atoms with Crippen molar-refractivity contribution in [2.45, 2.75) is 24.8 Å². The van der Waals surface area contributed by atoms with Gasteiger partial charge in [-0.05, 0) is 30.8 Å². The number of carbonyl (C=O) groups is 1. The molecule has 148 valence electrons. The predicted molar refractivity (Wildman–Crippen MR) is 109 cm³/mol. The van der Waals surface area contributed by atoms with Crippen molar-refractivity contribution >= 4 is 44.8 Å². The molecular weight excluding hydrogens is 408 g/mol. The number of nitrogens with zero attached hydrogens (tertiary/aromatic N) is 3. The summed E-state index contributed by atoms with van der Waals surface area (Å²) in [6.07, 6.45) is 0.895. The molecule has 0 bridgehead atoms. The molecule has 10 heteroatoms. The van der Waals surface area contributed by atoms with E-state index >= 15 is 0 Å². The van der Waals surface area contributed by atoms with E-state index in [2.05, 4.69) is 22.1 Å². The molecule has 0 spiro atoms. The van der Waals surface area contributed by atoms with Crippen LogP contribution in [0.5, 0.6) is 0 Å². The second kappa shape index (κ2) is 8.66. The highest BCUT2D eigenvalue weighted by atomic mass is 35.5. The summed E-state index contributed by atoms with van der Waals surface area (Å²) in [5.74, 6) is -0.294. The Morgan fingerprint density at radius 3 is 2.56 bits per heavy atom. The first kappa shape index (κ1) is 21.8. The van der Waals surface area contributed by atoms with Gasteiger partial charge in [0, 0.05) is 44.0 Å². The van der Waals surface area contributed by atoms with Crippen LogP contribution in [-0.2, 0) is 23.0 Å². The Bertz CT molecular complexity index is 911. The average Bonchev–Trinajstić information content (AvgIpc) is 3.02. The van der Waals surface area contributed by atoms with Crippen molar-refractivity contribution < 1.29 is 13.2 Å². The zero-order valence-corrected chi connectivity index (χ0v) is 17.9. The highest BCUT2D eigenvalue weighted by Crippen LogP contribution is 2.28. The lowest BCUT2D eigenvalue weighted by Crippen LogP contribution is -2.29. The molecule has 1 aliphatic rings. The fraction of sp³-hybridized carbons (Fsp3) is 0.412. The number of hydrogen-bond donors (Lipinski definition) is 1. The summed E-state index contributed by atoms with van der Waals surface area (Å²) in [6, 6.07) is 5.91. The molecule has 0 radical (unpaired) electrons. The number of likely N-dealkylation sites (N-methyl/N-ethyl adjacent to an activating group) is 1. The quantitative estimate of drug-likeness (QED) is 0.787. The van der Waals surface area contributed by atoms with Crippen LogP contribution in [0.3, 0.4) is 0 Å². The van der Waals surface area contributed by atoms with Crippen molar-refractivity contribution in [1.29, 1.82) is 0 Å². The largest absolute Gasteiger partial charge is 0.298 e. The monoisotopic (exact) mass is 430 g/mol. The lowest BCUT2D eigenvalue weighted by atomic mass is 10.2. The SMILES string of the molecule is CCN1CCc2nc(NC(=O)c3ccc(S(=O)(=O)N(C)C)cc3)sc2C1.Cl. The van der Waals surface area contributed by atoms with Crippen molar-refractivity contribution in [1.82, 2.24) is 14.2 Å². The minimum absolute atomic E-state index is 0. The lowest BCUT2D eigenvalue weighted by Gasteiger charge is -2.23. The number of nitrogens with one attached hydrogen (secondary N) is 1. The smallest absolute Gasteiger partial charge is 0.257 e. The Hall–Kier alpha value is -1.52. The molecule has 0 atom stereocenters. The van der Waals surface area contributed by atoms with Gasteiger partial charge in [0.15, 0.2) is 5.13 Å². The maximum absolute atomic E-state index is 12.4. The van der Waals surface area contributed by atoms with E-state index in [-0.39, 0.29) is 23.2 Å². The van der Waals surface area contributed by atoms with E-state index in [0.717, 1.165) is 36.1 Å². The van der Waals surface area contributed by atoms with Crippen molar-refractivity contribution in [2.24, 2.45) is 0 Å². The lowest BCUT2D eigenvalue weighted by molar-refractivity contribution is 0.102. The average molecular weight is 431 g/mol. The van der Waals surface area contributed by atoms with E-state index in [9.17, 15) is 13.2 Å². The summed E-state index contributed by atoms with van der Waals surface area (Å²) in [5, 5.41) is 3.41. The number of carbonyl (C=O) groups excluding carboxylic acids is 1. The summed E-state index contributed by atoms with van der Waals surface area (Å²) >= 11 is 1.50. The number of aromatic nitrogens is 1. The Kier molecular flexibility index (Phi) is 6.98. The van der Waals surface area contributed by atoms with E-state index < -0.39 is 10.0 Å². The summed E-state index contributed by atoms with van der Waals surface area (Å²) in [4.78, 5) is 20.6. The summed E-state index contributed by atoms with van der Waals surface area (Å²) in [6.45, 7) is 5.00. The first-order valence-electron chi connectivity index (χ1n) is 8.36. The van der Waals surface area contributed by atoms with Crippen molar-refractivity contribution in [3.8, 4) is 0 Å². The van der Waals surface area contributed by atoms with Crippen LogP contribution >= 0.6 is 23.7 Å². The third-order valence-electron chi connectivity index (χ3n) is 4.37. The number of anilines is 1. The third kappa shape index (κ3) is 4.67. The number of benzene rings is 1. The van der Waals surface area contributed by atoms with Gasteiger partial charge >= 0.3 is 0 Å². The molecule has 2 aromatic rings. The molecule has 0 saturated carbocycles. The zero-order chi connectivity index (χ0) is 18.9. The van der Waals surface area contributed by atoms with Gasteiger partial charge in [-0.2, -0.15) is 0 Å². The van der Waals surface area contributed by atoms with Gasteiger partial charge in [-0.15, -0.1) is 23.7 Å². The van der Waals surface area contributed by atoms with Gasteiger partial charge in [0.25, 0.3) is 5.91 Å². The molecule has 0 saturated heterocycles.